The van der Waals surface area contributed by atoms with Crippen molar-refractivity contribution in [2.24, 2.45) is 0 Å². The van der Waals surface area contributed by atoms with Gasteiger partial charge in [0.05, 0.1) is 10.6 Å². The maximum absolute atomic E-state index is 12.5. The number of hydrogen-bond acceptors (Lipinski definition) is 7. The van der Waals surface area contributed by atoms with Gasteiger partial charge in [-0.25, -0.2) is 0 Å². The fraction of sp³-hybridized carbons (Fsp3) is 0.176. The Bertz CT molecular complexity index is 930. The molecule has 1 aliphatic rings. The minimum atomic E-state index is -0.591. The molecule has 0 N–H and O–H groups in total. The third-order valence-electron chi connectivity index (χ3n) is 3.82. The van der Waals surface area contributed by atoms with Crippen LogP contribution in [0.1, 0.15) is 18.0 Å². The molecule has 0 saturated carbocycles. The lowest BCUT2D eigenvalue weighted by Gasteiger charge is -2.28. The molecule has 2 aromatic heterocycles. The molecule has 1 aromatic carbocycles. The highest BCUT2D eigenvalue weighted by Crippen LogP contribution is 2.43. The Hall–Kier alpha value is -2.45. The second-order valence-corrected chi connectivity index (χ2v) is 7.10. The number of carbonyl (C=O) groups excluding carboxylic acids is 1. The van der Waals surface area contributed by atoms with E-state index < -0.39 is 6.23 Å². The van der Waals surface area contributed by atoms with Crippen LogP contribution in [0.15, 0.2) is 46.9 Å². The van der Waals surface area contributed by atoms with E-state index in [4.69, 9.17) is 4.74 Å². The van der Waals surface area contributed by atoms with Crippen LogP contribution < -0.4 is 9.64 Å². The van der Waals surface area contributed by atoms with Gasteiger partial charge in [0.15, 0.2) is 5.69 Å². The average Bonchev–Trinajstić information content (AvgIpc) is 3.11. The van der Waals surface area contributed by atoms with Crippen molar-refractivity contribution in [1.29, 1.82) is 0 Å². The molecule has 0 radical (unpaired) electrons. The highest BCUT2D eigenvalue weighted by atomic mass is 32.2. The Morgan fingerprint density at radius 1 is 1.24 bits per heavy atom. The van der Waals surface area contributed by atoms with Gasteiger partial charge in [0, 0.05) is 12.5 Å². The number of rotatable bonds is 2. The Morgan fingerprint density at radius 3 is 2.80 bits per heavy atom. The first kappa shape index (κ1) is 16.0. The molecule has 0 unspecified atom stereocenters. The lowest BCUT2D eigenvalue weighted by Crippen LogP contribution is -2.35. The van der Waals surface area contributed by atoms with E-state index in [1.165, 1.54) is 30.0 Å². The van der Waals surface area contributed by atoms with Crippen LogP contribution in [0, 0.1) is 0 Å². The van der Waals surface area contributed by atoms with E-state index in [1.807, 2.05) is 48.0 Å². The van der Waals surface area contributed by atoms with Gasteiger partial charge in [-0.1, -0.05) is 36.0 Å². The zero-order chi connectivity index (χ0) is 17.4. The number of aromatic nitrogens is 3. The predicted octanol–water partition coefficient (Wildman–Crippen LogP) is 3.77. The van der Waals surface area contributed by atoms with E-state index >= 15 is 0 Å². The summed E-state index contributed by atoms with van der Waals surface area (Å²) >= 11 is 2.92. The predicted molar refractivity (Wildman–Crippen MR) is 97.9 cm³/mol. The van der Waals surface area contributed by atoms with Crippen molar-refractivity contribution < 1.29 is 9.53 Å². The molecule has 126 valence electrons. The molecule has 0 aliphatic carbocycles. The molecule has 0 fully saturated rings. The van der Waals surface area contributed by atoms with Crippen molar-refractivity contribution in [1.82, 2.24) is 15.2 Å². The highest BCUT2D eigenvalue weighted by molar-refractivity contribution is 7.98. The summed E-state index contributed by atoms with van der Waals surface area (Å²) in [5, 5.41) is 10.9. The number of benzene rings is 1. The molecule has 4 rings (SSSR count). The fourth-order valence-corrected chi connectivity index (χ4v) is 3.79. The number of amides is 1. The number of para-hydroxylation sites is 1. The first-order valence-corrected chi connectivity index (χ1v) is 9.67. The second-order valence-electron chi connectivity index (χ2n) is 5.34. The fourth-order valence-electron chi connectivity index (χ4n) is 2.76. The summed E-state index contributed by atoms with van der Waals surface area (Å²) in [7, 11) is 0. The van der Waals surface area contributed by atoms with E-state index in [9.17, 15) is 4.79 Å². The maximum Gasteiger partial charge on any atom is 0.247 e. The Balaban J connectivity index is 1.98. The maximum atomic E-state index is 12.5. The largest absolute Gasteiger partial charge is 0.446 e. The summed E-state index contributed by atoms with van der Waals surface area (Å²) < 4.78 is 6.19. The van der Waals surface area contributed by atoms with Crippen LogP contribution in [0.4, 0.5) is 5.69 Å². The zero-order valence-corrected chi connectivity index (χ0v) is 15.2. The van der Waals surface area contributed by atoms with Crippen molar-refractivity contribution in [3.63, 3.8) is 0 Å². The minimum absolute atomic E-state index is 0.114. The summed E-state index contributed by atoms with van der Waals surface area (Å²) in [4.78, 5) is 19.5. The highest BCUT2D eigenvalue weighted by Gasteiger charge is 2.34. The number of carbonyl (C=O) groups is 1. The van der Waals surface area contributed by atoms with E-state index in [-0.39, 0.29) is 5.91 Å². The first-order valence-electron chi connectivity index (χ1n) is 7.57. The van der Waals surface area contributed by atoms with Crippen LogP contribution in [0.5, 0.6) is 5.88 Å². The van der Waals surface area contributed by atoms with Crippen LogP contribution in [0.3, 0.4) is 0 Å². The molecule has 3 aromatic rings. The van der Waals surface area contributed by atoms with E-state index in [2.05, 4.69) is 15.2 Å². The minimum Gasteiger partial charge on any atom is -0.446 e. The van der Waals surface area contributed by atoms with Crippen molar-refractivity contribution >= 4 is 34.7 Å². The van der Waals surface area contributed by atoms with Gasteiger partial charge in [0.1, 0.15) is 0 Å². The molecular weight excluding hydrogens is 356 g/mol. The smallest absolute Gasteiger partial charge is 0.247 e. The van der Waals surface area contributed by atoms with E-state index in [1.54, 1.807) is 4.90 Å². The second kappa shape index (κ2) is 6.45. The number of fused-ring (bicyclic) bond motifs is 3. The van der Waals surface area contributed by atoms with Crippen molar-refractivity contribution in [3.8, 4) is 17.1 Å². The van der Waals surface area contributed by atoms with Crippen LogP contribution >= 0.6 is 23.1 Å². The molecule has 6 nitrogen and oxygen atoms in total. The SMILES string of the molecule is CSc1nnc2c(n1)O[C@@H](c1cccs1)N(C(C)=O)c1ccccc1-2. The molecule has 1 atom stereocenters. The molecule has 1 amide bonds. The molecule has 0 saturated heterocycles. The lowest BCUT2D eigenvalue weighted by atomic mass is 10.1. The molecule has 0 bridgehead atoms. The normalized spacial score (nSPS) is 15.8. The van der Waals surface area contributed by atoms with Gasteiger partial charge < -0.3 is 4.74 Å². The number of anilines is 1. The molecule has 3 heterocycles. The molecule has 8 heteroatoms. The van der Waals surface area contributed by atoms with E-state index in [0.717, 1.165) is 16.1 Å². The van der Waals surface area contributed by atoms with Gasteiger partial charge >= 0.3 is 0 Å². The third-order valence-corrected chi connectivity index (χ3v) is 5.26. The summed E-state index contributed by atoms with van der Waals surface area (Å²) in [6, 6.07) is 11.5. The number of thioether (sulfide) groups is 1. The van der Waals surface area contributed by atoms with Crippen molar-refractivity contribution in [3.05, 3.63) is 46.7 Å². The summed E-state index contributed by atoms with van der Waals surface area (Å²) in [5.74, 6) is 0.269. The number of thiophene rings is 1. The topological polar surface area (TPSA) is 68.2 Å². The Morgan fingerprint density at radius 2 is 2.08 bits per heavy atom. The summed E-state index contributed by atoms with van der Waals surface area (Å²) in [5.41, 5.74) is 2.05. The van der Waals surface area contributed by atoms with Crippen LogP contribution in [0.2, 0.25) is 0 Å². The molecule has 0 spiro atoms. The van der Waals surface area contributed by atoms with Crippen molar-refractivity contribution in [2.75, 3.05) is 11.2 Å². The van der Waals surface area contributed by atoms with Gasteiger partial charge in [-0.15, -0.1) is 21.5 Å². The molecular formula is C17H14N4O2S2. The van der Waals surface area contributed by atoms with Crippen molar-refractivity contribution in [2.45, 2.75) is 18.3 Å². The third kappa shape index (κ3) is 2.77. The summed E-state index contributed by atoms with van der Waals surface area (Å²) in [6.07, 6.45) is 1.29. The van der Waals surface area contributed by atoms with E-state index in [0.29, 0.717) is 16.7 Å². The standard InChI is InChI=1S/C17H14N4O2S2/c1-10(22)21-12-7-4-3-6-11(12)14-15(18-17(24-2)20-19-14)23-16(21)13-8-5-9-25-13/h3-9,16H,1-2H3/t16-/m0/s1. The van der Waals surface area contributed by atoms with Crippen LogP contribution in [-0.4, -0.2) is 27.3 Å². The molecule has 1 aliphatic heterocycles. The number of nitrogens with zero attached hydrogens (tertiary/aromatic N) is 4. The first-order chi connectivity index (χ1) is 12.2. The summed E-state index contributed by atoms with van der Waals surface area (Å²) in [6.45, 7) is 1.53. The Kier molecular flexibility index (Phi) is 4.14. The van der Waals surface area contributed by atoms with Gasteiger partial charge in [-0.05, 0) is 23.8 Å². The van der Waals surface area contributed by atoms with Gasteiger partial charge in [-0.3, -0.25) is 9.69 Å². The van der Waals surface area contributed by atoms with Gasteiger partial charge in [0.25, 0.3) is 0 Å². The number of hydrogen-bond donors (Lipinski definition) is 0. The Labute approximate surface area is 152 Å². The van der Waals surface area contributed by atoms with Gasteiger partial charge in [0.2, 0.25) is 23.2 Å². The molecule has 25 heavy (non-hydrogen) atoms. The lowest BCUT2D eigenvalue weighted by molar-refractivity contribution is -0.118. The monoisotopic (exact) mass is 370 g/mol. The quantitative estimate of drug-likeness (QED) is 0.640. The number of ether oxygens (including phenoxy) is 1. The zero-order valence-electron chi connectivity index (χ0n) is 13.5. The van der Waals surface area contributed by atoms with Crippen LogP contribution in [0.25, 0.3) is 11.3 Å². The average molecular weight is 370 g/mol. The van der Waals surface area contributed by atoms with Gasteiger partial charge in [-0.2, -0.15) is 4.98 Å². The van der Waals surface area contributed by atoms with Crippen LogP contribution in [-0.2, 0) is 4.79 Å².